The summed E-state index contributed by atoms with van der Waals surface area (Å²) >= 11 is 0. The number of aryl methyl sites for hydroxylation is 1. The molecule has 3 heterocycles. The fourth-order valence-corrected chi connectivity index (χ4v) is 5.14. The van der Waals surface area contributed by atoms with Crippen molar-refractivity contribution in [2.45, 2.75) is 71.0 Å². The van der Waals surface area contributed by atoms with Gasteiger partial charge in [0.15, 0.2) is 12.0 Å². The molecule has 34 heavy (non-hydrogen) atoms. The maximum atomic E-state index is 12.8. The van der Waals surface area contributed by atoms with Gasteiger partial charge in [-0.1, -0.05) is 50.6 Å². The van der Waals surface area contributed by atoms with Gasteiger partial charge in [-0.2, -0.15) is 4.99 Å². The van der Waals surface area contributed by atoms with Crippen LogP contribution < -0.4 is 11.1 Å². The van der Waals surface area contributed by atoms with Crippen molar-refractivity contribution >= 4 is 12.1 Å². The summed E-state index contributed by atoms with van der Waals surface area (Å²) in [6.07, 6.45) is 6.95. The number of fused-ring (bicyclic) bond motifs is 1. The topological polar surface area (TPSA) is 86.4 Å². The number of nitrogens with zero attached hydrogens (tertiary/aromatic N) is 4. The number of hydrogen-bond acceptors (Lipinski definition) is 6. The summed E-state index contributed by atoms with van der Waals surface area (Å²) in [6.45, 7) is 8.69. The Labute approximate surface area is 203 Å². The minimum Gasteiger partial charge on any atom is -0.465 e. The van der Waals surface area contributed by atoms with Crippen LogP contribution in [0.5, 0.6) is 0 Å². The molecule has 3 N–H and O–H groups in total. The van der Waals surface area contributed by atoms with Crippen LogP contribution in [-0.2, 0) is 11.2 Å². The number of benzene rings is 1. The lowest BCUT2D eigenvalue weighted by atomic mass is 10.0. The molecule has 0 radical (unpaired) electrons. The Morgan fingerprint density at radius 3 is 2.56 bits per heavy atom. The van der Waals surface area contributed by atoms with Crippen molar-refractivity contribution in [2.24, 2.45) is 10.7 Å². The molecule has 0 aromatic heterocycles. The van der Waals surface area contributed by atoms with Crippen LogP contribution in [0.4, 0.5) is 4.79 Å². The van der Waals surface area contributed by atoms with Crippen LogP contribution in [0, 0.1) is 0 Å². The molecule has 1 aromatic carbocycles. The lowest BCUT2D eigenvalue weighted by Crippen LogP contribution is -2.58. The quantitative estimate of drug-likeness (QED) is 0.514. The van der Waals surface area contributed by atoms with Gasteiger partial charge in [0.25, 0.3) is 6.02 Å². The molecule has 186 valence electrons. The summed E-state index contributed by atoms with van der Waals surface area (Å²) in [5, 5.41) is 2.98. The number of carbonyl (C=O) groups is 1. The van der Waals surface area contributed by atoms with Crippen molar-refractivity contribution < 1.29 is 9.53 Å². The monoisotopic (exact) mass is 468 g/mol. The smallest absolute Gasteiger partial charge is 0.323 e. The summed E-state index contributed by atoms with van der Waals surface area (Å²) in [6, 6.07) is 11.4. The first-order valence-corrected chi connectivity index (χ1v) is 13.0. The summed E-state index contributed by atoms with van der Waals surface area (Å²) in [5.74, 6) is 0.359. The molecule has 8 heteroatoms. The van der Waals surface area contributed by atoms with Gasteiger partial charge >= 0.3 is 6.03 Å². The Balaban J connectivity index is 1.42. The van der Waals surface area contributed by atoms with Gasteiger partial charge < -0.3 is 20.7 Å². The van der Waals surface area contributed by atoms with E-state index in [1.807, 2.05) is 4.90 Å². The first-order chi connectivity index (χ1) is 16.6. The molecule has 1 aromatic rings. The minimum absolute atomic E-state index is 0.0989. The lowest BCUT2D eigenvalue weighted by Gasteiger charge is -2.45. The average Bonchev–Trinajstić information content (AvgIpc) is 3.17. The highest BCUT2D eigenvalue weighted by atomic mass is 16.5. The maximum Gasteiger partial charge on any atom is 0.323 e. The number of rotatable bonds is 10. The summed E-state index contributed by atoms with van der Waals surface area (Å²) in [7, 11) is 0. The van der Waals surface area contributed by atoms with Crippen molar-refractivity contribution in [1.82, 2.24) is 20.0 Å². The van der Waals surface area contributed by atoms with Crippen LogP contribution >= 0.6 is 0 Å². The highest BCUT2D eigenvalue weighted by Crippen LogP contribution is 2.32. The number of likely N-dealkylation sites (tertiary alicyclic amines) is 1. The van der Waals surface area contributed by atoms with E-state index in [0.717, 1.165) is 58.2 Å². The number of amidine groups is 1. The second-order valence-corrected chi connectivity index (χ2v) is 9.46. The van der Waals surface area contributed by atoms with E-state index in [4.69, 9.17) is 10.5 Å². The number of urea groups is 1. The van der Waals surface area contributed by atoms with Crippen LogP contribution in [0.25, 0.3) is 0 Å². The molecule has 0 saturated carbocycles. The molecular weight excluding hydrogens is 428 g/mol. The zero-order chi connectivity index (χ0) is 23.9. The number of aliphatic imine (C=N–C) groups is 1. The molecule has 4 rings (SSSR count). The zero-order valence-corrected chi connectivity index (χ0v) is 20.7. The Kier molecular flexibility index (Phi) is 8.32. The van der Waals surface area contributed by atoms with Gasteiger partial charge in [-0.15, -0.1) is 0 Å². The first-order valence-electron chi connectivity index (χ1n) is 13.0. The molecule has 2 fully saturated rings. The second-order valence-electron chi connectivity index (χ2n) is 9.46. The molecule has 1 atom stereocenters. The number of unbranched alkanes of at least 4 members (excludes halogenated alkanes) is 1. The summed E-state index contributed by atoms with van der Waals surface area (Å²) < 4.78 is 6.15. The third-order valence-electron chi connectivity index (χ3n) is 6.96. The molecule has 1 unspecified atom stereocenters. The van der Waals surface area contributed by atoms with Gasteiger partial charge in [-0.25, -0.2) is 4.79 Å². The SMILES string of the molecule is CCCCOC1=NC(N)=C2NC(=O)N(CCC)C2N1C1CCN(CCCc2ccccc2)CC1. The van der Waals surface area contributed by atoms with Crippen LogP contribution in [-0.4, -0.2) is 71.7 Å². The summed E-state index contributed by atoms with van der Waals surface area (Å²) in [5.41, 5.74) is 8.39. The average molecular weight is 469 g/mol. The van der Waals surface area contributed by atoms with Crippen LogP contribution in [0.2, 0.25) is 0 Å². The molecule has 3 aliphatic heterocycles. The molecule has 0 spiro atoms. The van der Waals surface area contributed by atoms with E-state index in [9.17, 15) is 4.79 Å². The molecule has 0 bridgehead atoms. The maximum absolute atomic E-state index is 12.8. The van der Waals surface area contributed by atoms with E-state index in [-0.39, 0.29) is 18.2 Å². The van der Waals surface area contributed by atoms with Gasteiger partial charge in [0, 0.05) is 25.7 Å². The molecule has 3 aliphatic rings. The van der Waals surface area contributed by atoms with Crippen molar-refractivity contribution in [3.05, 3.63) is 47.4 Å². The zero-order valence-electron chi connectivity index (χ0n) is 20.7. The first kappa shape index (κ1) is 24.4. The van der Waals surface area contributed by atoms with Crippen molar-refractivity contribution in [3.8, 4) is 0 Å². The lowest BCUT2D eigenvalue weighted by molar-refractivity contribution is 0.0622. The van der Waals surface area contributed by atoms with Crippen molar-refractivity contribution in [1.29, 1.82) is 0 Å². The Morgan fingerprint density at radius 1 is 1.09 bits per heavy atom. The molecule has 2 amide bonds. The number of piperidine rings is 1. The number of nitrogens with two attached hydrogens (primary N) is 1. The van der Waals surface area contributed by atoms with E-state index in [0.29, 0.717) is 30.7 Å². The number of ether oxygens (including phenoxy) is 1. The van der Waals surface area contributed by atoms with Crippen molar-refractivity contribution in [2.75, 3.05) is 32.8 Å². The van der Waals surface area contributed by atoms with Crippen molar-refractivity contribution in [3.63, 3.8) is 0 Å². The van der Waals surface area contributed by atoms with E-state index in [2.05, 4.69) is 64.3 Å². The van der Waals surface area contributed by atoms with Gasteiger partial charge in [-0.3, -0.25) is 9.80 Å². The van der Waals surface area contributed by atoms with E-state index >= 15 is 0 Å². The predicted octanol–water partition coefficient (Wildman–Crippen LogP) is 3.46. The Morgan fingerprint density at radius 2 is 1.85 bits per heavy atom. The van der Waals surface area contributed by atoms with E-state index in [1.54, 1.807) is 0 Å². The number of hydrogen-bond donors (Lipinski definition) is 2. The fraction of sp³-hybridized carbons (Fsp3) is 0.615. The van der Waals surface area contributed by atoms with Crippen LogP contribution in [0.1, 0.15) is 57.9 Å². The number of amides is 2. The normalized spacial score (nSPS) is 21.5. The third kappa shape index (κ3) is 5.49. The van der Waals surface area contributed by atoms with Gasteiger partial charge in [0.2, 0.25) is 0 Å². The third-order valence-corrected chi connectivity index (χ3v) is 6.96. The van der Waals surface area contributed by atoms with E-state index in [1.165, 1.54) is 12.0 Å². The summed E-state index contributed by atoms with van der Waals surface area (Å²) in [4.78, 5) is 24.0. The standard InChI is InChI=1S/C26H40N6O2/c1-3-5-19-34-26-29-23(27)22-24(31(15-4-2)25(33)28-22)32(26)21-13-17-30(18-14-21)16-9-12-20-10-7-6-8-11-20/h6-8,10-11,21,24H,3-5,9,12-19,27H2,1-2H3,(H,28,33). The molecular formula is C26H40N6O2. The Hall–Kier alpha value is -2.74. The predicted molar refractivity (Wildman–Crippen MR) is 135 cm³/mol. The van der Waals surface area contributed by atoms with Crippen LogP contribution in [0.3, 0.4) is 0 Å². The molecule has 2 saturated heterocycles. The Bertz CT molecular complexity index is 879. The largest absolute Gasteiger partial charge is 0.465 e. The van der Waals surface area contributed by atoms with Gasteiger partial charge in [-0.05, 0) is 50.6 Å². The van der Waals surface area contributed by atoms with Gasteiger partial charge in [0.05, 0.1) is 6.61 Å². The van der Waals surface area contributed by atoms with Gasteiger partial charge in [0.1, 0.15) is 5.70 Å². The number of nitrogens with one attached hydrogen (secondary N) is 1. The molecule has 0 aliphatic carbocycles. The minimum atomic E-state index is -0.254. The van der Waals surface area contributed by atoms with Crippen LogP contribution in [0.15, 0.2) is 46.8 Å². The van der Waals surface area contributed by atoms with E-state index < -0.39 is 0 Å². The highest BCUT2D eigenvalue weighted by molar-refractivity contribution is 5.85. The number of carbonyl (C=O) groups excluding carboxylic acids is 1. The highest BCUT2D eigenvalue weighted by Gasteiger charge is 2.47. The second kappa shape index (κ2) is 11.6. The molecule has 8 nitrogen and oxygen atoms in total. The fourth-order valence-electron chi connectivity index (χ4n) is 5.14.